The van der Waals surface area contributed by atoms with Crippen molar-refractivity contribution in [2.24, 2.45) is 5.92 Å². The molecule has 15 heavy (non-hydrogen) atoms. The van der Waals surface area contributed by atoms with Gasteiger partial charge in [-0.05, 0) is 24.1 Å². The van der Waals surface area contributed by atoms with Crippen molar-refractivity contribution < 1.29 is 0 Å². The Kier molecular flexibility index (Phi) is 2.93. The first-order valence-corrected chi connectivity index (χ1v) is 5.37. The van der Waals surface area contributed by atoms with Crippen LogP contribution in [-0.4, -0.2) is 44.7 Å². The summed E-state index contributed by atoms with van der Waals surface area (Å²) in [6.45, 7) is 5.67. The molecule has 0 aromatic carbocycles. The topological polar surface area (TPSA) is 46.8 Å². The normalized spacial score (nSPS) is 33.0. The van der Waals surface area contributed by atoms with Gasteiger partial charge in [-0.3, -0.25) is 0 Å². The molecule has 0 spiro atoms. The largest absolute Gasteiger partial charge is 0.301 e. The molecule has 5 nitrogen and oxygen atoms in total. The van der Waals surface area contributed by atoms with Gasteiger partial charge in [-0.2, -0.15) is 4.80 Å². The number of hydrogen-bond acceptors (Lipinski definition) is 4. The molecule has 1 aromatic rings. The number of aromatic nitrogens is 4. The summed E-state index contributed by atoms with van der Waals surface area (Å²) in [5.74, 6) is 1.62. The highest BCUT2D eigenvalue weighted by molar-refractivity contribution is 5.85. The summed E-state index contributed by atoms with van der Waals surface area (Å²) in [6.07, 6.45) is 2.18. The van der Waals surface area contributed by atoms with Crippen LogP contribution in [0.5, 0.6) is 0 Å². The fourth-order valence-corrected chi connectivity index (χ4v) is 2.56. The Bertz CT molecular complexity index is 339. The first-order chi connectivity index (χ1) is 6.86. The number of hydrogen-bond donors (Lipinski definition) is 0. The fourth-order valence-electron chi connectivity index (χ4n) is 2.56. The smallest absolute Gasteiger partial charge is 0.174 e. The molecule has 0 radical (unpaired) electrons. The van der Waals surface area contributed by atoms with Crippen LogP contribution < -0.4 is 0 Å². The lowest BCUT2D eigenvalue weighted by atomic mass is 10.0. The van der Waals surface area contributed by atoms with E-state index in [9.17, 15) is 0 Å². The minimum Gasteiger partial charge on any atom is -0.301 e. The Hall–Kier alpha value is -0.680. The lowest BCUT2D eigenvalue weighted by molar-refractivity contribution is 0.263. The zero-order valence-corrected chi connectivity index (χ0v) is 9.65. The molecule has 0 amide bonds. The maximum Gasteiger partial charge on any atom is 0.174 e. The van der Waals surface area contributed by atoms with Crippen molar-refractivity contribution in [2.75, 3.05) is 19.6 Å². The quantitative estimate of drug-likeness (QED) is 0.743. The van der Waals surface area contributed by atoms with Crippen LogP contribution in [0.25, 0.3) is 0 Å². The molecule has 6 heteroatoms. The molecule has 2 aliphatic heterocycles. The van der Waals surface area contributed by atoms with Crippen LogP contribution in [0.4, 0.5) is 0 Å². The molecule has 2 bridgehead atoms. The summed E-state index contributed by atoms with van der Waals surface area (Å²) < 4.78 is 0. The van der Waals surface area contributed by atoms with Crippen LogP contribution in [0.1, 0.15) is 25.2 Å². The van der Waals surface area contributed by atoms with Gasteiger partial charge in [0.2, 0.25) is 0 Å². The number of piperidine rings is 1. The van der Waals surface area contributed by atoms with Gasteiger partial charge in [0.25, 0.3) is 0 Å². The summed E-state index contributed by atoms with van der Waals surface area (Å²) >= 11 is 0. The zero-order valence-electron chi connectivity index (χ0n) is 8.83. The van der Waals surface area contributed by atoms with Crippen molar-refractivity contribution >= 4 is 12.4 Å². The van der Waals surface area contributed by atoms with Crippen LogP contribution in [-0.2, 0) is 6.42 Å². The zero-order chi connectivity index (χ0) is 9.54. The van der Waals surface area contributed by atoms with Crippen molar-refractivity contribution in [1.82, 2.24) is 25.1 Å². The van der Waals surface area contributed by atoms with Gasteiger partial charge in [-0.1, -0.05) is 6.92 Å². The second-order valence-electron chi connectivity index (χ2n) is 4.26. The summed E-state index contributed by atoms with van der Waals surface area (Å²) in [4.78, 5) is 4.33. The Morgan fingerprint density at radius 3 is 2.80 bits per heavy atom. The molecule has 2 saturated heterocycles. The van der Waals surface area contributed by atoms with Gasteiger partial charge in [-0.15, -0.1) is 22.6 Å². The van der Waals surface area contributed by atoms with Crippen LogP contribution >= 0.6 is 12.4 Å². The molecule has 1 aromatic heterocycles. The molecule has 0 saturated carbocycles. The Morgan fingerprint density at radius 2 is 2.27 bits per heavy atom. The highest BCUT2D eigenvalue weighted by Gasteiger charge is 2.40. The van der Waals surface area contributed by atoms with E-state index in [4.69, 9.17) is 0 Å². The van der Waals surface area contributed by atoms with E-state index < -0.39 is 0 Å². The molecule has 2 fully saturated rings. The van der Waals surface area contributed by atoms with Crippen LogP contribution in [0.2, 0.25) is 0 Å². The lowest BCUT2D eigenvalue weighted by Crippen LogP contribution is -2.27. The standard InChI is InChI=1S/C9H15N5.ClH/c1-2-9-10-12-14(11-9)8-6-13-4-3-7(8)5-13;/h7-8H,2-6H2,1H3;1H. The number of rotatable bonds is 2. The van der Waals surface area contributed by atoms with Crippen molar-refractivity contribution in [3.05, 3.63) is 5.82 Å². The van der Waals surface area contributed by atoms with Crippen LogP contribution in [0.3, 0.4) is 0 Å². The van der Waals surface area contributed by atoms with E-state index in [1.165, 1.54) is 19.5 Å². The van der Waals surface area contributed by atoms with Gasteiger partial charge in [-0.25, -0.2) is 0 Å². The maximum absolute atomic E-state index is 4.40. The summed E-state index contributed by atoms with van der Waals surface area (Å²) in [5.41, 5.74) is 0. The Labute approximate surface area is 95.2 Å². The van der Waals surface area contributed by atoms with Gasteiger partial charge in [0.05, 0.1) is 6.04 Å². The van der Waals surface area contributed by atoms with Crippen molar-refractivity contribution in [1.29, 1.82) is 0 Å². The molecule has 84 valence electrons. The number of tetrazole rings is 1. The molecule has 3 heterocycles. The molecule has 3 unspecified atom stereocenters. The van der Waals surface area contributed by atoms with Gasteiger partial charge in [0, 0.05) is 19.5 Å². The SMILES string of the molecule is CCc1nnn(C2CN3CCC2C3)n1.Cl. The molecule has 0 aliphatic carbocycles. The van der Waals surface area contributed by atoms with Gasteiger partial charge in [0.1, 0.15) is 0 Å². The van der Waals surface area contributed by atoms with E-state index in [0.29, 0.717) is 6.04 Å². The summed E-state index contributed by atoms with van der Waals surface area (Å²) in [5, 5.41) is 12.6. The number of halogens is 1. The van der Waals surface area contributed by atoms with Gasteiger partial charge >= 0.3 is 0 Å². The fraction of sp³-hybridized carbons (Fsp3) is 0.889. The van der Waals surface area contributed by atoms with Crippen LogP contribution in [0.15, 0.2) is 0 Å². The molecule has 0 N–H and O–H groups in total. The Morgan fingerprint density at radius 1 is 1.40 bits per heavy atom. The highest BCUT2D eigenvalue weighted by atomic mass is 35.5. The molecule has 2 aliphatic rings. The summed E-state index contributed by atoms with van der Waals surface area (Å²) in [6, 6.07) is 0.483. The minimum atomic E-state index is 0. The number of aryl methyl sites for hydroxylation is 1. The summed E-state index contributed by atoms with van der Waals surface area (Å²) in [7, 11) is 0. The van der Waals surface area contributed by atoms with Gasteiger partial charge < -0.3 is 4.90 Å². The predicted octanol–water partition coefficient (Wildman–Crippen LogP) is 0.534. The van der Waals surface area contributed by atoms with E-state index in [2.05, 4.69) is 27.2 Å². The second kappa shape index (κ2) is 4.06. The van der Waals surface area contributed by atoms with Crippen molar-refractivity contribution in [2.45, 2.75) is 25.8 Å². The monoisotopic (exact) mass is 229 g/mol. The number of nitrogens with zero attached hydrogens (tertiary/aromatic N) is 5. The molecule has 3 rings (SSSR count). The highest BCUT2D eigenvalue weighted by Crippen LogP contribution is 2.35. The molecular formula is C9H16ClN5. The first kappa shape index (κ1) is 10.8. The van der Waals surface area contributed by atoms with E-state index in [1.54, 1.807) is 0 Å². The molecule has 3 atom stereocenters. The van der Waals surface area contributed by atoms with E-state index in [0.717, 1.165) is 24.7 Å². The third kappa shape index (κ3) is 1.74. The second-order valence-corrected chi connectivity index (χ2v) is 4.26. The van der Waals surface area contributed by atoms with Crippen LogP contribution in [0, 0.1) is 5.92 Å². The third-order valence-electron chi connectivity index (χ3n) is 3.38. The van der Waals surface area contributed by atoms with E-state index >= 15 is 0 Å². The van der Waals surface area contributed by atoms with E-state index in [-0.39, 0.29) is 12.4 Å². The number of fused-ring (bicyclic) bond motifs is 2. The third-order valence-corrected chi connectivity index (χ3v) is 3.38. The predicted molar refractivity (Wildman–Crippen MR) is 58.0 cm³/mol. The average Bonchev–Trinajstić information content (AvgIpc) is 2.93. The average molecular weight is 230 g/mol. The van der Waals surface area contributed by atoms with E-state index in [1.807, 2.05) is 4.80 Å². The maximum atomic E-state index is 4.40. The molecular weight excluding hydrogens is 214 g/mol. The van der Waals surface area contributed by atoms with Gasteiger partial charge in [0.15, 0.2) is 5.82 Å². The minimum absolute atomic E-state index is 0. The van der Waals surface area contributed by atoms with Crippen molar-refractivity contribution in [3.63, 3.8) is 0 Å². The Balaban J connectivity index is 0.000000853. The first-order valence-electron chi connectivity index (χ1n) is 5.37. The lowest BCUT2D eigenvalue weighted by Gasteiger charge is -2.20. The van der Waals surface area contributed by atoms with Crippen molar-refractivity contribution in [3.8, 4) is 0 Å².